The largest absolute Gasteiger partial charge is 0.497 e. The van der Waals surface area contributed by atoms with Crippen LogP contribution in [-0.2, 0) is 4.79 Å². The SMILES string of the molecule is COc1ccc(C2CCN(C(=O)CCC3CCNCC3)CC2)cc1.Cl. The number of nitrogens with one attached hydrogen (secondary N) is 1. The molecule has 1 aromatic rings. The van der Waals surface area contributed by atoms with Crippen LogP contribution in [0.2, 0.25) is 0 Å². The van der Waals surface area contributed by atoms with Crippen LogP contribution in [-0.4, -0.2) is 44.1 Å². The Morgan fingerprint density at radius 2 is 1.76 bits per heavy atom. The number of carbonyl (C=O) groups excluding carboxylic acids is 1. The van der Waals surface area contributed by atoms with Gasteiger partial charge >= 0.3 is 0 Å². The van der Waals surface area contributed by atoms with Gasteiger partial charge in [-0.3, -0.25) is 4.79 Å². The zero-order chi connectivity index (χ0) is 16.8. The fourth-order valence-corrected chi connectivity index (χ4v) is 3.99. The van der Waals surface area contributed by atoms with Gasteiger partial charge in [-0.1, -0.05) is 12.1 Å². The first-order valence-corrected chi connectivity index (χ1v) is 9.38. The molecule has 0 unspecified atom stereocenters. The molecule has 2 aliphatic heterocycles. The molecule has 140 valence electrons. The topological polar surface area (TPSA) is 41.6 Å². The first-order valence-electron chi connectivity index (χ1n) is 9.38. The van der Waals surface area contributed by atoms with Crippen LogP contribution in [0.15, 0.2) is 24.3 Å². The minimum absolute atomic E-state index is 0. The Labute approximate surface area is 157 Å². The average molecular weight is 367 g/mol. The van der Waals surface area contributed by atoms with E-state index >= 15 is 0 Å². The van der Waals surface area contributed by atoms with Crippen LogP contribution in [0.1, 0.15) is 50.0 Å². The van der Waals surface area contributed by atoms with Crippen LogP contribution in [0.5, 0.6) is 5.75 Å². The second kappa shape index (κ2) is 10.0. The number of likely N-dealkylation sites (tertiary alicyclic amines) is 1. The van der Waals surface area contributed by atoms with Crippen molar-refractivity contribution in [1.29, 1.82) is 0 Å². The summed E-state index contributed by atoms with van der Waals surface area (Å²) in [5.74, 6) is 2.59. The van der Waals surface area contributed by atoms with Crippen LogP contribution in [0, 0.1) is 5.92 Å². The first kappa shape index (κ1) is 20.1. The van der Waals surface area contributed by atoms with Crippen molar-refractivity contribution in [2.75, 3.05) is 33.3 Å². The van der Waals surface area contributed by atoms with Crippen molar-refractivity contribution in [3.05, 3.63) is 29.8 Å². The van der Waals surface area contributed by atoms with E-state index in [1.165, 1.54) is 18.4 Å². The minimum atomic E-state index is 0. The summed E-state index contributed by atoms with van der Waals surface area (Å²) in [6.45, 7) is 4.04. The maximum Gasteiger partial charge on any atom is 0.222 e. The zero-order valence-corrected chi connectivity index (χ0v) is 16.0. The number of methoxy groups -OCH3 is 1. The third kappa shape index (κ3) is 5.61. The smallest absolute Gasteiger partial charge is 0.222 e. The molecule has 1 aromatic carbocycles. The van der Waals surface area contributed by atoms with E-state index in [1.54, 1.807) is 7.11 Å². The van der Waals surface area contributed by atoms with Gasteiger partial charge in [0.25, 0.3) is 0 Å². The molecule has 0 saturated carbocycles. The number of piperidine rings is 2. The van der Waals surface area contributed by atoms with Crippen LogP contribution in [0.3, 0.4) is 0 Å². The lowest BCUT2D eigenvalue weighted by Crippen LogP contribution is -2.38. The van der Waals surface area contributed by atoms with Gasteiger partial charge in [-0.15, -0.1) is 12.4 Å². The van der Waals surface area contributed by atoms with Crippen LogP contribution in [0.25, 0.3) is 0 Å². The fraction of sp³-hybridized carbons (Fsp3) is 0.650. The summed E-state index contributed by atoms with van der Waals surface area (Å²) < 4.78 is 5.23. The van der Waals surface area contributed by atoms with Gasteiger partial charge in [0.15, 0.2) is 0 Å². The molecule has 2 saturated heterocycles. The number of amides is 1. The highest BCUT2D eigenvalue weighted by Gasteiger charge is 2.24. The quantitative estimate of drug-likeness (QED) is 0.865. The van der Waals surface area contributed by atoms with Crippen molar-refractivity contribution in [2.45, 2.75) is 44.4 Å². The van der Waals surface area contributed by atoms with Gasteiger partial charge in [0.2, 0.25) is 5.91 Å². The molecule has 0 aromatic heterocycles. The van der Waals surface area contributed by atoms with E-state index in [2.05, 4.69) is 22.3 Å². The van der Waals surface area contributed by atoms with Crippen molar-refractivity contribution < 1.29 is 9.53 Å². The molecule has 1 amide bonds. The second-order valence-electron chi connectivity index (χ2n) is 7.16. The molecule has 5 heteroatoms. The van der Waals surface area contributed by atoms with E-state index in [-0.39, 0.29) is 12.4 Å². The number of hydrogen-bond acceptors (Lipinski definition) is 3. The molecular weight excluding hydrogens is 336 g/mol. The Morgan fingerprint density at radius 3 is 2.36 bits per heavy atom. The molecule has 2 fully saturated rings. The van der Waals surface area contributed by atoms with Crippen molar-refractivity contribution in [1.82, 2.24) is 10.2 Å². The van der Waals surface area contributed by atoms with Crippen molar-refractivity contribution in [2.24, 2.45) is 5.92 Å². The lowest BCUT2D eigenvalue weighted by Gasteiger charge is -2.33. The Balaban J connectivity index is 0.00000225. The summed E-state index contributed by atoms with van der Waals surface area (Å²) >= 11 is 0. The van der Waals surface area contributed by atoms with E-state index in [9.17, 15) is 4.79 Å². The van der Waals surface area contributed by atoms with E-state index < -0.39 is 0 Å². The van der Waals surface area contributed by atoms with Crippen LogP contribution < -0.4 is 10.1 Å². The average Bonchev–Trinajstić information content (AvgIpc) is 2.67. The van der Waals surface area contributed by atoms with Gasteiger partial charge < -0.3 is 15.0 Å². The van der Waals surface area contributed by atoms with Crippen molar-refractivity contribution in [3.63, 3.8) is 0 Å². The maximum atomic E-state index is 12.5. The second-order valence-corrected chi connectivity index (χ2v) is 7.16. The molecule has 2 heterocycles. The van der Waals surface area contributed by atoms with E-state index in [0.717, 1.165) is 63.5 Å². The zero-order valence-electron chi connectivity index (χ0n) is 15.2. The minimum Gasteiger partial charge on any atom is -0.497 e. The van der Waals surface area contributed by atoms with Gasteiger partial charge in [-0.25, -0.2) is 0 Å². The number of rotatable bonds is 5. The Hall–Kier alpha value is -1.26. The lowest BCUT2D eigenvalue weighted by atomic mass is 9.89. The molecule has 4 nitrogen and oxygen atoms in total. The molecule has 0 bridgehead atoms. The van der Waals surface area contributed by atoms with E-state index in [4.69, 9.17) is 4.74 Å². The summed E-state index contributed by atoms with van der Waals surface area (Å²) in [7, 11) is 1.70. The van der Waals surface area contributed by atoms with Gasteiger partial charge in [-0.2, -0.15) is 0 Å². The Kier molecular flexibility index (Phi) is 8.04. The number of hydrogen-bond donors (Lipinski definition) is 1. The molecule has 0 aliphatic carbocycles. The normalized spacial score (nSPS) is 19.3. The highest BCUT2D eigenvalue weighted by Crippen LogP contribution is 2.29. The number of nitrogens with zero attached hydrogens (tertiary/aromatic N) is 1. The molecule has 25 heavy (non-hydrogen) atoms. The molecule has 3 rings (SSSR count). The van der Waals surface area contributed by atoms with Gasteiger partial charge in [0.05, 0.1) is 7.11 Å². The molecule has 2 aliphatic rings. The van der Waals surface area contributed by atoms with Gasteiger partial charge in [-0.05, 0) is 74.7 Å². The maximum absolute atomic E-state index is 12.5. The van der Waals surface area contributed by atoms with Crippen LogP contribution in [0.4, 0.5) is 0 Å². The number of carbonyl (C=O) groups is 1. The van der Waals surface area contributed by atoms with E-state index in [0.29, 0.717) is 11.8 Å². The highest BCUT2D eigenvalue weighted by atomic mass is 35.5. The Morgan fingerprint density at radius 1 is 1.12 bits per heavy atom. The summed E-state index contributed by atoms with van der Waals surface area (Å²) in [4.78, 5) is 14.5. The summed E-state index contributed by atoms with van der Waals surface area (Å²) in [6.07, 6.45) is 6.41. The molecule has 0 spiro atoms. The lowest BCUT2D eigenvalue weighted by molar-refractivity contribution is -0.132. The number of halogens is 1. The standard InChI is InChI=1S/C20H30N2O2.ClH/c1-24-19-5-3-17(4-6-19)18-10-14-22(15-11-18)20(23)7-2-16-8-12-21-13-9-16;/h3-6,16,18,21H,2,7-15H2,1H3;1H. The fourth-order valence-electron chi connectivity index (χ4n) is 3.99. The predicted molar refractivity (Wildman–Crippen MR) is 104 cm³/mol. The van der Waals surface area contributed by atoms with Gasteiger partial charge in [0, 0.05) is 19.5 Å². The third-order valence-electron chi connectivity index (χ3n) is 5.66. The van der Waals surface area contributed by atoms with Crippen molar-refractivity contribution >= 4 is 18.3 Å². The third-order valence-corrected chi connectivity index (χ3v) is 5.66. The summed E-state index contributed by atoms with van der Waals surface area (Å²) in [6, 6.07) is 8.40. The molecule has 0 radical (unpaired) electrons. The summed E-state index contributed by atoms with van der Waals surface area (Å²) in [5.41, 5.74) is 1.37. The monoisotopic (exact) mass is 366 g/mol. The highest BCUT2D eigenvalue weighted by molar-refractivity contribution is 5.85. The molecule has 0 atom stereocenters. The number of ether oxygens (including phenoxy) is 1. The van der Waals surface area contributed by atoms with Gasteiger partial charge in [0.1, 0.15) is 5.75 Å². The Bertz CT molecular complexity index is 521. The van der Waals surface area contributed by atoms with Crippen LogP contribution >= 0.6 is 12.4 Å². The first-order chi connectivity index (χ1) is 11.8. The summed E-state index contributed by atoms with van der Waals surface area (Å²) in [5, 5.41) is 3.39. The van der Waals surface area contributed by atoms with Crippen molar-refractivity contribution in [3.8, 4) is 5.75 Å². The molecule has 1 N–H and O–H groups in total. The molecular formula is C20H31ClN2O2. The van der Waals surface area contributed by atoms with E-state index in [1.807, 2.05) is 12.1 Å². The number of benzene rings is 1. The predicted octanol–water partition coefficient (Wildman–Crippen LogP) is 3.60.